The van der Waals surface area contributed by atoms with Gasteiger partial charge < -0.3 is 5.32 Å². The highest BCUT2D eigenvalue weighted by Gasteiger charge is 2.26. The van der Waals surface area contributed by atoms with Gasteiger partial charge in [0.25, 0.3) is 0 Å². The van der Waals surface area contributed by atoms with Crippen molar-refractivity contribution in [2.24, 2.45) is 0 Å². The van der Waals surface area contributed by atoms with Crippen molar-refractivity contribution in [3.63, 3.8) is 0 Å². The number of alkyl halides is 3. The molecule has 0 unspecified atom stereocenters. The predicted molar refractivity (Wildman–Crippen MR) is 55.6 cm³/mol. The lowest BCUT2D eigenvalue weighted by molar-refractivity contribution is -0.131. The van der Waals surface area contributed by atoms with Crippen molar-refractivity contribution in [1.29, 1.82) is 0 Å². The monoisotopic (exact) mass is 253 g/mol. The second kappa shape index (κ2) is 5.34. The summed E-state index contributed by atoms with van der Waals surface area (Å²) >= 11 is 5.68. The van der Waals surface area contributed by atoms with Gasteiger partial charge in [-0.15, -0.1) is 0 Å². The van der Waals surface area contributed by atoms with E-state index in [-0.39, 0.29) is 11.7 Å². The van der Waals surface area contributed by atoms with Crippen LogP contribution >= 0.6 is 11.6 Å². The van der Waals surface area contributed by atoms with Crippen LogP contribution in [0, 0.1) is 0 Å². The summed E-state index contributed by atoms with van der Waals surface area (Å²) in [6, 6.07) is 1.40. The molecule has 1 rings (SSSR count). The lowest BCUT2D eigenvalue weighted by Crippen LogP contribution is -2.15. The van der Waals surface area contributed by atoms with Crippen molar-refractivity contribution in [3.8, 4) is 0 Å². The van der Waals surface area contributed by atoms with Gasteiger partial charge in [-0.25, -0.2) is 9.97 Å². The number of nitrogens with one attached hydrogen (secondary N) is 1. The Hall–Kier alpha value is -1.04. The minimum Gasteiger partial charge on any atom is -0.370 e. The lowest BCUT2D eigenvalue weighted by Gasteiger charge is -2.09. The van der Waals surface area contributed by atoms with Crippen LogP contribution in [0.5, 0.6) is 0 Å². The zero-order chi connectivity index (χ0) is 12.2. The summed E-state index contributed by atoms with van der Waals surface area (Å²) in [5.41, 5.74) is 0. The third-order valence-electron chi connectivity index (χ3n) is 1.77. The molecule has 0 aliphatic carbocycles. The average Bonchev–Trinajstić information content (AvgIpc) is 2.14. The van der Waals surface area contributed by atoms with Crippen LogP contribution in [0.2, 0.25) is 5.15 Å². The maximum absolute atomic E-state index is 11.9. The topological polar surface area (TPSA) is 37.8 Å². The fourth-order valence-corrected chi connectivity index (χ4v) is 1.25. The van der Waals surface area contributed by atoms with Gasteiger partial charge in [0, 0.05) is 19.0 Å². The fraction of sp³-hybridized carbons (Fsp3) is 0.556. The molecule has 1 aromatic rings. The highest BCUT2D eigenvalue weighted by Crippen LogP contribution is 2.19. The van der Waals surface area contributed by atoms with Gasteiger partial charge in [-0.1, -0.05) is 18.5 Å². The van der Waals surface area contributed by atoms with Crippen molar-refractivity contribution in [2.45, 2.75) is 25.9 Å². The average molecular weight is 254 g/mol. The summed E-state index contributed by atoms with van der Waals surface area (Å²) in [5.74, 6) is 0.822. The van der Waals surface area contributed by atoms with Gasteiger partial charge in [0.05, 0.1) is 6.42 Å². The summed E-state index contributed by atoms with van der Waals surface area (Å²) in [6.45, 7) is 1.62. The fourth-order valence-electron chi connectivity index (χ4n) is 1.05. The maximum Gasteiger partial charge on any atom is 0.390 e. The number of anilines is 1. The van der Waals surface area contributed by atoms with Gasteiger partial charge in [-0.2, -0.15) is 13.2 Å². The third-order valence-corrected chi connectivity index (χ3v) is 1.97. The Balaban J connectivity index is 2.57. The van der Waals surface area contributed by atoms with Crippen molar-refractivity contribution in [3.05, 3.63) is 17.0 Å². The Labute approximate surface area is 96.0 Å². The number of nitrogens with zero attached hydrogens (tertiary/aromatic N) is 2. The summed E-state index contributed by atoms with van der Waals surface area (Å²) in [7, 11) is 0. The lowest BCUT2D eigenvalue weighted by atomic mass is 10.4. The smallest absolute Gasteiger partial charge is 0.370 e. The Bertz CT molecular complexity index is 354. The van der Waals surface area contributed by atoms with E-state index in [0.29, 0.717) is 18.1 Å². The molecule has 0 aliphatic heterocycles. The predicted octanol–water partition coefficient (Wildman–Crippen LogP) is 3.06. The molecule has 0 saturated heterocycles. The molecule has 0 fully saturated rings. The van der Waals surface area contributed by atoms with Crippen LogP contribution in [0.3, 0.4) is 0 Å². The molecule has 0 aliphatic rings. The highest BCUT2D eigenvalue weighted by atomic mass is 35.5. The maximum atomic E-state index is 11.9. The van der Waals surface area contributed by atoms with Crippen LogP contribution in [-0.4, -0.2) is 22.7 Å². The van der Waals surface area contributed by atoms with Crippen molar-refractivity contribution < 1.29 is 13.2 Å². The van der Waals surface area contributed by atoms with Crippen LogP contribution in [0.4, 0.5) is 19.0 Å². The first kappa shape index (κ1) is 13.0. The van der Waals surface area contributed by atoms with Gasteiger partial charge >= 0.3 is 6.18 Å². The number of halogens is 4. The van der Waals surface area contributed by atoms with E-state index in [4.69, 9.17) is 11.6 Å². The van der Waals surface area contributed by atoms with Crippen LogP contribution in [-0.2, 0) is 6.42 Å². The van der Waals surface area contributed by atoms with E-state index in [1.165, 1.54) is 6.07 Å². The molecule has 1 heterocycles. The normalized spacial score (nSPS) is 11.6. The molecule has 0 aromatic carbocycles. The Morgan fingerprint density at radius 1 is 1.38 bits per heavy atom. The molecule has 0 amide bonds. The zero-order valence-electron chi connectivity index (χ0n) is 8.60. The Kier molecular flexibility index (Phi) is 4.35. The number of hydrogen-bond donors (Lipinski definition) is 1. The highest BCUT2D eigenvalue weighted by molar-refractivity contribution is 6.29. The molecular weight excluding hydrogens is 243 g/mol. The molecule has 1 N–H and O–H groups in total. The van der Waals surface area contributed by atoms with E-state index in [0.717, 1.165) is 0 Å². The minimum atomic E-state index is -4.17. The summed E-state index contributed by atoms with van der Waals surface area (Å²) in [5, 5.41) is 2.78. The van der Waals surface area contributed by atoms with Gasteiger partial charge in [-0.05, 0) is 0 Å². The first-order valence-corrected chi connectivity index (χ1v) is 5.12. The Morgan fingerprint density at radius 3 is 2.62 bits per heavy atom. The van der Waals surface area contributed by atoms with E-state index in [9.17, 15) is 13.2 Å². The quantitative estimate of drug-likeness (QED) is 0.838. The first-order valence-electron chi connectivity index (χ1n) is 4.75. The van der Waals surface area contributed by atoms with Crippen LogP contribution < -0.4 is 5.32 Å². The number of aromatic nitrogens is 2. The van der Waals surface area contributed by atoms with Gasteiger partial charge in [0.15, 0.2) is 0 Å². The molecule has 0 atom stereocenters. The molecule has 3 nitrogen and oxygen atoms in total. The van der Waals surface area contributed by atoms with E-state index in [2.05, 4.69) is 15.3 Å². The van der Waals surface area contributed by atoms with Gasteiger partial charge in [0.2, 0.25) is 0 Å². The second-order valence-corrected chi connectivity index (χ2v) is 3.52. The number of hydrogen-bond acceptors (Lipinski definition) is 3. The number of rotatable bonds is 4. The SMILES string of the molecule is CCc1nc(Cl)cc(NCCC(F)(F)F)n1. The minimum absolute atomic E-state index is 0.222. The zero-order valence-corrected chi connectivity index (χ0v) is 9.36. The first-order chi connectivity index (χ1) is 7.40. The molecule has 16 heavy (non-hydrogen) atoms. The largest absolute Gasteiger partial charge is 0.390 e. The molecular formula is C9H11ClF3N3. The van der Waals surface area contributed by atoms with E-state index in [1.807, 2.05) is 6.92 Å². The standard InChI is InChI=1S/C9H11ClF3N3/c1-2-7-15-6(10)5-8(16-7)14-4-3-9(11,12)13/h5H,2-4H2,1H3,(H,14,15,16). The van der Waals surface area contributed by atoms with Crippen LogP contribution in [0.25, 0.3) is 0 Å². The van der Waals surface area contributed by atoms with E-state index >= 15 is 0 Å². The molecule has 7 heteroatoms. The summed E-state index contributed by atoms with van der Waals surface area (Å²) in [6.07, 6.45) is -4.50. The Morgan fingerprint density at radius 2 is 2.06 bits per heavy atom. The van der Waals surface area contributed by atoms with Crippen LogP contribution in [0.15, 0.2) is 6.07 Å². The number of aryl methyl sites for hydroxylation is 1. The van der Waals surface area contributed by atoms with Crippen molar-refractivity contribution in [2.75, 3.05) is 11.9 Å². The van der Waals surface area contributed by atoms with E-state index in [1.54, 1.807) is 0 Å². The third kappa shape index (κ3) is 4.65. The van der Waals surface area contributed by atoms with Crippen molar-refractivity contribution in [1.82, 2.24) is 9.97 Å². The molecule has 0 bridgehead atoms. The summed E-state index contributed by atoms with van der Waals surface area (Å²) in [4.78, 5) is 7.90. The van der Waals surface area contributed by atoms with E-state index < -0.39 is 12.6 Å². The van der Waals surface area contributed by atoms with Crippen molar-refractivity contribution >= 4 is 17.4 Å². The molecule has 0 radical (unpaired) electrons. The molecule has 0 spiro atoms. The van der Waals surface area contributed by atoms with Gasteiger partial charge in [0.1, 0.15) is 16.8 Å². The second-order valence-electron chi connectivity index (χ2n) is 3.14. The van der Waals surface area contributed by atoms with Gasteiger partial charge in [-0.3, -0.25) is 0 Å². The summed E-state index contributed by atoms with van der Waals surface area (Å²) < 4.78 is 35.7. The molecule has 0 saturated carbocycles. The molecule has 1 aromatic heterocycles. The molecule has 90 valence electrons. The van der Waals surface area contributed by atoms with Crippen LogP contribution in [0.1, 0.15) is 19.2 Å².